The van der Waals surface area contributed by atoms with Crippen LogP contribution in [0.5, 0.6) is 0 Å². The van der Waals surface area contributed by atoms with Gasteiger partial charge in [0.15, 0.2) is 11.6 Å². The molecule has 1 fully saturated rings. The van der Waals surface area contributed by atoms with Gasteiger partial charge < -0.3 is 5.32 Å². The van der Waals surface area contributed by atoms with Gasteiger partial charge in [0.1, 0.15) is 0 Å². The number of rotatable bonds is 6. The van der Waals surface area contributed by atoms with Crippen LogP contribution in [0.2, 0.25) is 0 Å². The van der Waals surface area contributed by atoms with Crippen LogP contribution in [0, 0.1) is 11.6 Å². The van der Waals surface area contributed by atoms with E-state index in [4.69, 9.17) is 0 Å². The molecule has 6 nitrogen and oxygen atoms in total. The fourth-order valence-electron chi connectivity index (χ4n) is 3.07. The lowest BCUT2D eigenvalue weighted by atomic mass is 10.1. The van der Waals surface area contributed by atoms with Crippen LogP contribution in [-0.2, 0) is 14.8 Å². The first kappa shape index (κ1) is 20.4. The van der Waals surface area contributed by atoms with Crippen LogP contribution in [0.25, 0.3) is 0 Å². The number of anilines is 1. The van der Waals surface area contributed by atoms with Gasteiger partial charge in [-0.2, -0.15) is 0 Å². The maximum atomic E-state index is 13.3. The lowest BCUT2D eigenvalue weighted by Crippen LogP contribution is -2.46. The molecule has 1 amide bonds. The standard InChI is InChI=1S/C19H21F2N3O3S/c20-17-7-6-16(12-18(17)21)28(26,27)23-15-8-10-24(11-9-15)13-19(25)22-14-4-2-1-3-5-14/h1-7,12,15,23H,8-11,13H2,(H,22,25). The second-order valence-corrected chi connectivity index (χ2v) is 8.38. The van der Waals surface area contributed by atoms with Crippen molar-refractivity contribution in [3.63, 3.8) is 0 Å². The molecule has 0 bridgehead atoms. The van der Waals surface area contributed by atoms with Crippen LogP contribution in [-0.4, -0.2) is 44.9 Å². The molecule has 28 heavy (non-hydrogen) atoms. The lowest BCUT2D eigenvalue weighted by molar-refractivity contribution is -0.117. The quantitative estimate of drug-likeness (QED) is 0.768. The van der Waals surface area contributed by atoms with E-state index in [9.17, 15) is 22.0 Å². The van der Waals surface area contributed by atoms with E-state index in [1.54, 1.807) is 12.1 Å². The van der Waals surface area contributed by atoms with Crippen molar-refractivity contribution in [2.45, 2.75) is 23.8 Å². The van der Waals surface area contributed by atoms with E-state index in [0.717, 1.165) is 17.8 Å². The van der Waals surface area contributed by atoms with E-state index in [-0.39, 0.29) is 23.4 Å². The highest BCUT2D eigenvalue weighted by Gasteiger charge is 2.26. The third-order valence-corrected chi connectivity index (χ3v) is 6.05. The Morgan fingerprint density at radius 3 is 2.36 bits per heavy atom. The van der Waals surface area contributed by atoms with E-state index in [0.29, 0.717) is 32.0 Å². The van der Waals surface area contributed by atoms with Crippen molar-refractivity contribution in [3.8, 4) is 0 Å². The minimum atomic E-state index is -3.93. The summed E-state index contributed by atoms with van der Waals surface area (Å²) in [6.07, 6.45) is 1.03. The van der Waals surface area contributed by atoms with Gasteiger partial charge in [-0.25, -0.2) is 21.9 Å². The van der Waals surface area contributed by atoms with Gasteiger partial charge >= 0.3 is 0 Å². The molecular formula is C19H21F2N3O3S. The second-order valence-electron chi connectivity index (χ2n) is 6.66. The number of sulfonamides is 1. The number of likely N-dealkylation sites (tertiary alicyclic amines) is 1. The Kier molecular flexibility index (Phi) is 6.38. The number of nitrogens with zero attached hydrogens (tertiary/aromatic N) is 1. The summed E-state index contributed by atoms with van der Waals surface area (Å²) in [4.78, 5) is 13.7. The first-order valence-corrected chi connectivity index (χ1v) is 10.4. The van der Waals surface area contributed by atoms with Crippen LogP contribution in [0.15, 0.2) is 53.4 Å². The molecular weight excluding hydrogens is 388 g/mol. The number of carbonyl (C=O) groups excluding carboxylic acids is 1. The number of hydrogen-bond acceptors (Lipinski definition) is 4. The largest absolute Gasteiger partial charge is 0.325 e. The molecule has 150 valence electrons. The first-order valence-electron chi connectivity index (χ1n) is 8.88. The number of nitrogens with one attached hydrogen (secondary N) is 2. The van der Waals surface area contributed by atoms with Gasteiger partial charge in [-0.15, -0.1) is 0 Å². The Labute approximate surface area is 162 Å². The molecule has 1 heterocycles. The maximum absolute atomic E-state index is 13.3. The highest BCUT2D eigenvalue weighted by Crippen LogP contribution is 2.17. The molecule has 3 rings (SSSR count). The number of piperidine rings is 1. The summed E-state index contributed by atoms with van der Waals surface area (Å²) in [7, 11) is -3.93. The third-order valence-electron chi connectivity index (χ3n) is 4.54. The fourth-order valence-corrected chi connectivity index (χ4v) is 4.38. The average Bonchev–Trinajstić information content (AvgIpc) is 2.66. The Bertz CT molecular complexity index is 931. The number of benzene rings is 2. The number of para-hydroxylation sites is 1. The molecule has 0 unspecified atom stereocenters. The molecule has 2 N–H and O–H groups in total. The molecule has 2 aromatic carbocycles. The zero-order valence-electron chi connectivity index (χ0n) is 15.1. The summed E-state index contributed by atoms with van der Waals surface area (Å²) in [5, 5.41) is 2.81. The number of halogens is 2. The van der Waals surface area contributed by atoms with Crippen LogP contribution < -0.4 is 10.0 Å². The number of carbonyl (C=O) groups is 1. The summed E-state index contributed by atoms with van der Waals surface area (Å²) in [6, 6.07) is 11.3. The van der Waals surface area contributed by atoms with Crippen LogP contribution in [0.1, 0.15) is 12.8 Å². The van der Waals surface area contributed by atoms with Crippen LogP contribution >= 0.6 is 0 Å². The summed E-state index contributed by atoms with van der Waals surface area (Å²) in [5.41, 5.74) is 0.724. The van der Waals surface area contributed by atoms with Gasteiger partial charge in [-0.05, 0) is 43.2 Å². The summed E-state index contributed by atoms with van der Waals surface area (Å²) < 4.78 is 53.5. The smallest absolute Gasteiger partial charge is 0.240 e. The number of hydrogen-bond donors (Lipinski definition) is 2. The normalized spacial score (nSPS) is 16.1. The summed E-state index contributed by atoms with van der Waals surface area (Å²) in [5.74, 6) is -2.44. The molecule has 0 saturated carbocycles. The lowest BCUT2D eigenvalue weighted by Gasteiger charge is -2.31. The third kappa shape index (κ3) is 5.34. The predicted molar refractivity (Wildman–Crippen MR) is 101 cm³/mol. The van der Waals surface area contributed by atoms with E-state index in [2.05, 4.69) is 10.0 Å². The number of amides is 1. The van der Waals surface area contributed by atoms with Gasteiger partial charge in [0.05, 0.1) is 11.4 Å². The van der Waals surface area contributed by atoms with Gasteiger partial charge in [-0.1, -0.05) is 18.2 Å². The monoisotopic (exact) mass is 409 g/mol. The van der Waals surface area contributed by atoms with E-state index in [1.807, 2.05) is 23.1 Å². The Morgan fingerprint density at radius 2 is 1.71 bits per heavy atom. The summed E-state index contributed by atoms with van der Waals surface area (Å²) in [6.45, 7) is 1.32. The van der Waals surface area contributed by atoms with E-state index < -0.39 is 21.7 Å². The second kappa shape index (κ2) is 8.76. The Morgan fingerprint density at radius 1 is 1.04 bits per heavy atom. The van der Waals surface area contributed by atoms with Gasteiger partial charge in [0.2, 0.25) is 15.9 Å². The molecule has 1 aliphatic rings. The van der Waals surface area contributed by atoms with Crippen molar-refractivity contribution >= 4 is 21.6 Å². The fraction of sp³-hybridized carbons (Fsp3) is 0.316. The summed E-state index contributed by atoms with van der Waals surface area (Å²) >= 11 is 0. The topological polar surface area (TPSA) is 78.5 Å². The maximum Gasteiger partial charge on any atom is 0.240 e. The van der Waals surface area contributed by atoms with E-state index >= 15 is 0 Å². The van der Waals surface area contributed by atoms with Gasteiger partial charge in [0, 0.05) is 24.8 Å². The molecule has 0 aliphatic carbocycles. The Hall–Kier alpha value is -2.36. The van der Waals surface area contributed by atoms with Gasteiger partial charge in [0.25, 0.3) is 0 Å². The highest BCUT2D eigenvalue weighted by atomic mass is 32.2. The molecule has 0 spiro atoms. The highest BCUT2D eigenvalue weighted by molar-refractivity contribution is 7.89. The minimum absolute atomic E-state index is 0.132. The molecule has 1 aliphatic heterocycles. The SMILES string of the molecule is O=C(CN1CCC(NS(=O)(=O)c2ccc(F)c(F)c2)CC1)Nc1ccccc1. The van der Waals surface area contributed by atoms with Crippen molar-refractivity contribution < 1.29 is 22.0 Å². The molecule has 0 aromatic heterocycles. The zero-order valence-corrected chi connectivity index (χ0v) is 15.9. The van der Waals surface area contributed by atoms with Crippen LogP contribution in [0.4, 0.5) is 14.5 Å². The zero-order chi connectivity index (χ0) is 20.1. The van der Waals surface area contributed by atoms with Crippen molar-refractivity contribution in [2.24, 2.45) is 0 Å². The first-order chi connectivity index (χ1) is 13.3. The van der Waals surface area contributed by atoms with Crippen molar-refractivity contribution in [1.29, 1.82) is 0 Å². The average molecular weight is 409 g/mol. The van der Waals surface area contributed by atoms with Crippen molar-refractivity contribution in [1.82, 2.24) is 9.62 Å². The van der Waals surface area contributed by atoms with Gasteiger partial charge in [-0.3, -0.25) is 9.69 Å². The van der Waals surface area contributed by atoms with E-state index in [1.165, 1.54) is 0 Å². The predicted octanol–water partition coefficient (Wildman–Crippen LogP) is 2.35. The molecule has 0 atom stereocenters. The molecule has 0 radical (unpaired) electrons. The molecule has 1 saturated heterocycles. The van der Waals surface area contributed by atoms with Crippen molar-refractivity contribution in [3.05, 3.63) is 60.2 Å². The Balaban J connectivity index is 1.49. The minimum Gasteiger partial charge on any atom is -0.325 e. The van der Waals surface area contributed by atoms with Crippen LogP contribution in [0.3, 0.4) is 0 Å². The molecule has 2 aromatic rings. The van der Waals surface area contributed by atoms with Crippen molar-refractivity contribution in [2.75, 3.05) is 25.0 Å². The molecule has 9 heteroatoms.